The summed E-state index contributed by atoms with van der Waals surface area (Å²) in [7, 11) is 1.69. The Morgan fingerprint density at radius 2 is 2.00 bits per heavy atom. The van der Waals surface area contributed by atoms with Crippen molar-refractivity contribution >= 4 is 0 Å². The number of likely N-dealkylation sites (tertiary alicyclic amines) is 1. The molecule has 1 saturated heterocycles. The summed E-state index contributed by atoms with van der Waals surface area (Å²) in [4.78, 5) is 2.66. The second-order valence-corrected chi connectivity index (χ2v) is 6.76. The van der Waals surface area contributed by atoms with Crippen LogP contribution in [-0.2, 0) is 17.9 Å². The largest absolute Gasteiger partial charge is 0.378 e. The van der Waals surface area contributed by atoms with Crippen LogP contribution in [0.2, 0.25) is 0 Å². The van der Waals surface area contributed by atoms with E-state index < -0.39 is 0 Å². The summed E-state index contributed by atoms with van der Waals surface area (Å²) < 4.78 is 7.08. The molecule has 0 radical (unpaired) electrons. The molecule has 1 fully saturated rings. The molecule has 1 aromatic heterocycles. The molecule has 0 amide bonds. The van der Waals surface area contributed by atoms with Crippen LogP contribution < -0.4 is 0 Å². The van der Waals surface area contributed by atoms with Gasteiger partial charge in [0.05, 0.1) is 12.8 Å². The zero-order valence-corrected chi connectivity index (χ0v) is 13.7. The van der Waals surface area contributed by atoms with Gasteiger partial charge in [0.15, 0.2) is 0 Å². The molecule has 0 spiro atoms. The highest BCUT2D eigenvalue weighted by atomic mass is 16.5. The van der Waals surface area contributed by atoms with Crippen LogP contribution in [0.15, 0.2) is 18.3 Å². The van der Waals surface area contributed by atoms with E-state index in [-0.39, 0.29) is 0 Å². The quantitative estimate of drug-likeness (QED) is 0.757. The SMILES string of the molecule is COCc1cn(CC2CCN(C[C@@H]3CC=CCC3)CC2)nn1. The normalized spacial score (nSPS) is 24.0. The van der Waals surface area contributed by atoms with Crippen LogP contribution in [0.5, 0.6) is 0 Å². The smallest absolute Gasteiger partial charge is 0.108 e. The number of rotatable bonds is 6. The lowest BCUT2D eigenvalue weighted by molar-refractivity contribution is 0.146. The maximum absolute atomic E-state index is 5.09. The minimum atomic E-state index is 0.550. The van der Waals surface area contributed by atoms with Gasteiger partial charge in [0, 0.05) is 20.2 Å². The highest BCUT2D eigenvalue weighted by Gasteiger charge is 2.22. The van der Waals surface area contributed by atoms with Crippen molar-refractivity contribution in [3.8, 4) is 0 Å². The molecule has 0 aromatic carbocycles. The molecule has 5 nitrogen and oxygen atoms in total. The van der Waals surface area contributed by atoms with Crippen LogP contribution in [0.4, 0.5) is 0 Å². The van der Waals surface area contributed by atoms with Crippen molar-refractivity contribution < 1.29 is 4.74 Å². The zero-order chi connectivity index (χ0) is 15.2. The molecule has 2 heterocycles. The van der Waals surface area contributed by atoms with E-state index in [9.17, 15) is 0 Å². The summed E-state index contributed by atoms with van der Waals surface area (Å²) in [5.41, 5.74) is 0.922. The van der Waals surface area contributed by atoms with Crippen LogP contribution in [0.1, 0.15) is 37.8 Å². The summed E-state index contributed by atoms with van der Waals surface area (Å²) in [6.07, 6.45) is 13.2. The molecule has 0 bridgehead atoms. The summed E-state index contributed by atoms with van der Waals surface area (Å²) in [5, 5.41) is 8.34. The number of hydrogen-bond donors (Lipinski definition) is 0. The Balaban J connectivity index is 1.40. The van der Waals surface area contributed by atoms with Crippen molar-refractivity contribution in [3.63, 3.8) is 0 Å². The molecule has 122 valence electrons. The highest BCUT2D eigenvalue weighted by molar-refractivity contribution is 4.92. The van der Waals surface area contributed by atoms with E-state index in [1.165, 1.54) is 51.7 Å². The summed E-state index contributed by atoms with van der Waals surface area (Å²) >= 11 is 0. The van der Waals surface area contributed by atoms with Gasteiger partial charge in [0.2, 0.25) is 0 Å². The first-order valence-electron chi connectivity index (χ1n) is 8.59. The second kappa shape index (κ2) is 7.88. The van der Waals surface area contributed by atoms with Crippen LogP contribution in [0, 0.1) is 11.8 Å². The van der Waals surface area contributed by atoms with Gasteiger partial charge in [0.25, 0.3) is 0 Å². The first-order valence-corrected chi connectivity index (χ1v) is 8.59. The Labute approximate surface area is 133 Å². The monoisotopic (exact) mass is 304 g/mol. The first kappa shape index (κ1) is 15.7. The fraction of sp³-hybridized carbons (Fsp3) is 0.765. The van der Waals surface area contributed by atoms with Gasteiger partial charge in [-0.05, 0) is 57.0 Å². The second-order valence-electron chi connectivity index (χ2n) is 6.76. The third-order valence-corrected chi connectivity index (χ3v) is 4.92. The fourth-order valence-corrected chi connectivity index (χ4v) is 3.65. The van der Waals surface area contributed by atoms with Gasteiger partial charge in [-0.1, -0.05) is 17.4 Å². The summed E-state index contributed by atoms with van der Waals surface area (Å²) in [6.45, 7) is 5.32. The van der Waals surface area contributed by atoms with E-state index >= 15 is 0 Å². The Bertz CT molecular complexity index is 477. The highest BCUT2D eigenvalue weighted by Crippen LogP contribution is 2.23. The van der Waals surface area contributed by atoms with Crippen molar-refractivity contribution in [3.05, 3.63) is 24.0 Å². The van der Waals surface area contributed by atoms with Gasteiger partial charge in [-0.3, -0.25) is 4.68 Å². The zero-order valence-electron chi connectivity index (χ0n) is 13.7. The molecule has 0 N–H and O–H groups in total. The predicted octanol–water partition coefficient (Wildman–Crippen LogP) is 2.49. The predicted molar refractivity (Wildman–Crippen MR) is 86.4 cm³/mol. The molecule has 1 atom stereocenters. The molecule has 0 unspecified atom stereocenters. The van der Waals surface area contributed by atoms with Crippen LogP contribution >= 0.6 is 0 Å². The Hall–Kier alpha value is -1.20. The molecule has 2 aliphatic rings. The molecule has 0 saturated carbocycles. The van der Waals surface area contributed by atoms with Gasteiger partial charge in [-0.25, -0.2) is 0 Å². The third kappa shape index (κ3) is 4.40. The topological polar surface area (TPSA) is 43.2 Å². The Kier molecular flexibility index (Phi) is 5.62. The average Bonchev–Trinajstić information content (AvgIpc) is 2.98. The summed E-state index contributed by atoms with van der Waals surface area (Å²) in [6, 6.07) is 0. The number of aromatic nitrogens is 3. The van der Waals surface area contributed by atoms with Gasteiger partial charge in [-0.15, -0.1) is 5.10 Å². The number of piperidine rings is 1. The molecular weight excluding hydrogens is 276 g/mol. The number of hydrogen-bond acceptors (Lipinski definition) is 4. The van der Waals surface area contributed by atoms with Crippen LogP contribution in [-0.4, -0.2) is 46.6 Å². The molecule has 3 rings (SSSR count). The third-order valence-electron chi connectivity index (χ3n) is 4.92. The van der Waals surface area contributed by atoms with E-state index in [0.717, 1.165) is 24.1 Å². The lowest BCUT2D eigenvalue weighted by atomic mass is 9.91. The Morgan fingerprint density at radius 3 is 2.73 bits per heavy atom. The standard InChI is InChI=1S/C17H28N4O/c1-22-14-17-13-21(19-18-17)12-16-7-9-20(10-8-16)11-15-5-3-2-4-6-15/h2-3,13,15-16H,4-12,14H2,1H3/t15-/m1/s1. The summed E-state index contributed by atoms with van der Waals surface area (Å²) in [5.74, 6) is 1.62. The molecule has 1 aliphatic carbocycles. The number of allylic oxidation sites excluding steroid dienone is 2. The van der Waals surface area contributed by atoms with E-state index in [0.29, 0.717) is 6.61 Å². The van der Waals surface area contributed by atoms with Crippen molar-refractivity contribution in [1.82, 2.24) is 19.9 Å². The molecule has 5 heteroatoms. The lowest BCUT2D eigenvalue weighted by Crippen LogP contribution is -2.38. The number of nitrogens with zero attached hydrogens (tertiary/aromatic N) is 4. The maximum atomic E-state index is 5.09. The van der Waals surface area contributed by atoms with Crippen molar-refractivity contribution in [2.24, 2.45) is 11.8 Å². The van der Waals surface area contributed by atoms with Crippen molar-refractivity contribution in [2.75, 3.05) is 26.7 Å². The molecule has 1 aromatic rings. The van der Waals surface area contributed by atoms with Gasteiger partial charge in [0.1, 0.15) is 5.69 Å². The minimum Gasteiger partial charge on any atom is -0.378 e. The Morgan fingerprint density at radius 1 is 1.14 bits per heavy atom. The van der Waals surface area contributed by atoms with Crippen LogP contribution in [0.3, 0.4) is 0 Å². The van der Waals surface area contributed by atoms with Gasteiger partial charge < -0.3 is 9.64 Å². The van der Waals surface area contributed by atoms with E-state index in [1.54, 1.807) is 7.11 Å². The van der Waals surface area contributed by atoms with E-state index in [4.69, 9.17) is 4.74 Å². The van der Waals surface area contributed by atoms with Gasteiger partial charge >= 0.3 is 0 Å². The van der Waals surface area contributed by atoms with Crippen LogP contribution in [0.25, 0.3) is 0 Å². The molecule has 22 heavy (non-hydrogen) atoms. The van der Waals surface area contributed by atoms with Crippen molar-refractivity contribution in [2.45, 2.75) is 45.3 Å². The average molecular weight is 304 g/mol. The molecule has 1 aliphatic heterocycles. The fourth-order valence-electron chi connectivity index (χ4n) is 3.65. The van der Waals surface area contributed by atoms with Gasteiger partial charge in [-0.2, -0.15) is 0 Å². The van der Waals surface area contributed by atoms with E-state index in [1.807, 2.05) is 10.9 Å². The number of methoxy groups -OCH3 is 1. The molecular formula is C17H28N4O. The van der Waals surface area contributed by atoms with Crippen molar-refractivity contribution in [1.29, 1.82) is 0 Å². The lowest BCUT2D eigenvalue weighted by Gasteiger charge is -2.34. The minimum absolute atomic E-state index is 0.550. The number of ether oxygens (including phenoxy) is 1. The van der Waals surface area contributed by atoms with E-state index in [2.05, 4.69) is 27.4 Å². The first-order chi connectivity index (χ1) is 10.8. The maximum Gasteiger partial charge on any atom is 0.108 e.